The van der Waals surface area contributed by atoms with Crippen molar-refractivity contribution in [1.29, 1.82) is 5.26 Å². The van der Waals surface area contributed by atoms with Crippen molar-refractivity contribution < 1.29 is 9.13 Å². The molecule has 4 rings (SSSR count). The molecule has 1 saturated heterocycles. The molecule has 0 radical (unpaired) electrons. The molecule has 1 aliphatic carbocycles. The molecular formula is C21H22FN3O. The van der Waals surface area contributed by atoms with E-state index in [9.17, 15) is 4.39 Å². The Bertz CT molecular complexity index is 847. The fourth-order valence-electron chi connectivity index (χ4n) is 4.13. The predicted molar refractivity (Wildman–Crippen MR) is 97.5 cm³/mol. The van der Waals surface area contributed by atoms with E-state index >= 15 is 0 Å². The summed E-state index contributed by atoms with van der Waals surface area (Å²) in [6.45, 7) is 1.99. The molecule has 1 unspecified atom stereocenters. The maximum atomic E-state index is 14.4. The monoisotopic (exact) mass is 351 g/mol. The molecule has 5 heteroatoms. The van der Waals surface area contributed by atoms with E-state index in [0.29, 0.717) is 11.6 Å². The van der Waals surface area contributed by atoms with Crippen LogP contribution < -0.4 is 10.1 Å². The Labute approximate surface area is 153 Å². The van der Waals surface area contributed by atoms with Crippen molar-refractivity contribution >= 4 is 0 Å². The second kappa shape index (κ2) is 7.06. The van der Waals surface area contributed by atoms with Gasteiger partial charge in [0.2, 0.25) is 0 Å². The summed E-state index contributed by atoms with van der Waals surface area (Å²) in [6, 6.07) is 15.3. The van der Waals surface area contributed by atoms with Gasteiger partial charge in [-0.15, -0.1) is 0 Å². The fourth-order valence-corrected chi connectivity index (χ4v) is 4.13. The summed E-state index contributed by atoms with van der Waals surface area (Å²) < 4.78 is 20.6. The number of likely N-dealkylation sites (tertiary alicyclic amines) is 1. The van der Waals surface area contributed by atoms with Gasteiger partial charge in [-0.05, 0) is 49.2 Å². The molecule has 4 nitrogen and oxygen atoms in total. The molecule has 0 spiro atoms. The van der Waals surface area contributed by atoms with Gasteiger partial charge in [-0.2, -0.15) is 5.26 Å². The molecule has 2 aromatic rings. The van der Waals surface area contributed by atoms with Crippen LogP contribution in [0.15, 0.2) is 42.5 Å². The second-order valence-electron chi connectivity index (χ2n) is 7.03. The molecule has 0 saturated carbocycles. The molecule has 1 fully saturated rings. The Kier molecular flexibility index (Phi) is 4.62. The van der Waals surface area contributed by atoms with Crippen LogP contribution in [0.4, 0.5) is 4.39 Å². The zero-order valence-electron chi connectivity index (χ0n) is 14.8. The van der Waals surface area contributed by atoms with Gasteiger partial charge < -0.3 is 10.1 Å². The lowest BCUT2D eigenvalue weighted by Gasteiger charge is -2.30. The first-order valence-electron chi connectivity index (χ1n) is 9.05. The maximum absolute atomic E-state index is 14.4. The highest BCUT2D eigenvalue weighted by Crippen LogP contribution is 2.39. The summed E-state index contributed by atoms with van der Waals surface area (Å²) in [5, 5.41) is 12.3. The normalized spacial score (nSPS) is 25.0. The third-order valence-corrected chi connectivity index (χ3v) is 5.55. The average Bonchev–Trinajstić information content (AvgIpc) is 3.28. The molecular weight excluding hydrogens is 329 g/mol. The average molecular weight is 351 g/mol. The number of nitrogens with one attached hydrogen (secondary N) is 1. The molecule has 0 aromatic heterocycles. The van der Waals surface area contributed by atoms with Crippen LogP contribution in [0.3, 0.4) is 0 Å². The van der Waals surface area contributed by atoms with Crippen LogP contribution in [0, 0.1) is 17.1 Å². The predicted octanol–water partition coefficient (Wildman–Crippen LogP) is 3.04. The minimum atomic E-state index is -0.485. The Hall–Kier alpha value is -2.42. The Balaban J connectivity index is 1.63. The van der Waals surface area contributed by atoms with Gasteiger partial charge in [-0.3, -0.25) is 4.90 Å². The minimum Gasteiger partial charge on any atom is -0.481 e. The fraction of sp³-hybridized carbons (Fsp3) is 0.381. The Morgan fingerprint density at radius 3 is 2.85 bits per heavy atom. The molecule has 0 bridgehead atoms. The number of fused-ring (bicyclic) bond motifs is 1. The largest absolute Gasteiger partial charge is 0.481 e. The van der Waals surface area contributed by atoms with E-state index in [0.717, 1.165) is 31.5 Å². The number of hydrogen-bond donors (Lipinski definition) is 1. The molecule has 26 heavy (non-hydrogen) atoms. The van der Waals surface area contributed by atoms with Crippen molar-refractivity contribution in [2.24, 2.45) is 0 Å². The van der Waals surface area contributed by atoms with E-state index in [4.69, 9.17) is 10.00 Å². The zero-order valence-corrected chi connectivity index (χ0v) is 14.8. The van der Waals surface area contributed by atoms with Crippen molar-refractivity contribution in [2.75, 3.05) is 20.1 Å². The van der Waals surface area contributed by atoms with E-state index in [1.165, 1.54) is 11.6 Å². The third-order valence-electron chi connectivity index (χ3n) is 5.55. The quantitative estimate of drug-likeness (QED) is 0.920. The van der Waals surface area contributed by atoms with Crippen LogP contribution in [0.25, 0.3) is 0 Å². The molecule has 2 aromatic carbocycles. The summed E-state index contributed by atoms with van der Waals surface area (Å²) in [7, 11) is 2.00. The summed E-state index contributed by atoms with van der Waals surface area (Å²) in [5.74, 6) is -0.276. The number of nitrogens with zero attached hydrogens (tertiary/aromatic N) is 2. The van der Waals surface area contributed by atoms with Gasteiger partial charge in [0, 0.05) is 19.1 Å². The van der Waals surface area contributed by atoms with Crippen LogP contribution in [-0.2, 0) is 6.42 Å². The molecule has 1 aliphatic heterocycles. The van der Waals surface area contributed by atoms with Gasteiger partial charge >= 0.3 is 0 Å². The number of rotatable bonds is 4. The van der Waals surface area contributed by atoms with Crippen LogP contribution in [-0.4, -0.2) is 37.1 Å². The maximum Gasteiger partial charge on any atom is 0.166 e. The number of nitriles is 1. The van der Waals surface area contributed by atoms with Gasteiger partial charge in [0.05, 0.1) is 17.7 Å². The van der Waals surface area contributed by atoms with Gasteiger partial charge in [-0.25, -0.2) is 4.39 Å². The van der Waals surface area contributed by atoms with E-state index < -0.39 is 5.82 Å². The van der Waals surface area contributed by atoms with Crippen LogP contribution in [0.1, 0.15) is 29.2 Å². The van der Waals surface area contributed by atoms with E-state index in [1.807, 2.05) is 25.2 Å². The Morgan fingerprint density at radius 1 is 1.27 bits per heavy atom. The van der Waals surface area contributed by atoms with Gasteiger partial charge in [-0.1, -0.05) is 24.3 Å². The van der Waals surface area contributed by atoms with Gasteiger partial charge in [0.25, 0.3) is 0 Å². The van der Waals surface area contributed by atoms with E-state index in [1.54, 1.807) is 12.1 Å². The van der Waals surface area contributed by atoms with E-state index in [2.05, 4.69) is 22.3 Å². The first-order valence-corrected chi connectivity index (χ1v) is 9.05. The third kappa shape index (κ3) is 3.07. The first kappa shape index (κ1) is 17.0. The molecule has 1 heterocycles. The highest BCUT2D eigenvalue weighted by molar-refractivity contribution is 5.40. The SMILES string of the molecule is CNC1CCN([C@@H]2Cc3ccccc3[C@H]2Oc2ccc(C#N)cc2F)C1. The van der Waals surface area contributed by atoms with Crippen LogP contribution >= 0.6 is 0 Å². The van der Waals surface area contributed by atoms with E-state index in [-0.39, 0.29) is 17.9 Å². The summed E-state index contributed by atoms with van der Waals surface area (Å²) >= 11 is 0. The standard InChI is InChI=1S/C21H22FN3O/c1-24-16-8-9-25(13-16)19-11-15-4-2-3-5-17(15)21(19)26-20-7-6-14(12-23)10-18(20)22/h2-7,10,16,19,21,24H,8-9,11,13H2,1H3/t16?,19-,21-/m1/s1. The van der Waals surface area contributed by atoms with Crippen molar-refractivity contribution in [3.63, 3.8) is 0 Å². The van der Waals surface area contributed by atoms with Gasteiger partial charge in [0.1, 0.15) is 6.10 Å². The summed E-state index contributed by atoms with van der Waals surface area (Å²) in [5.41, 5.74) is 2.70. The van der Waals surface area contributed by atoms with Crippen LogP contribution in [0.5, 0.6) is 5.75 Å². The number of hydrogen-bond acceptors (Lipinski definition) is 4. The highest BCUT2D eigenvalue weighted by atomic mass is 19.1. The molecule has 1 N–H and O–H groups in total. The molecule has 134 valence electrons. The van der Waals surface area contributed by atoms with Crippen molar-refractivity contribution in [1.82, 2.24) is 10.2 Å². The number of halogens is 1. The highest BCUT2D eigenvalue weighted by Gasteiger charge is 2.40. The van der Waals surface area contributed by atoms with Crippen molar-refractivity contribution in [3.05, 3.63) is 65.0 Å². The lowest BCUT2D eigenvalue weighted by Crippen LogP contribution is -2.40. The lowest BCUT2D eigenvalue weighted by atomic mass is 10.1. The first-order chi connectivity index (χ1) is 12.7. The smallest absolute Gasteiger partial charge is 0.166 e. The summed E-state index contributed by atoms with van der Waals surface area (Å²) in [6.07, 6.45) is 1.82. The molecule has 0 amide bonds. The second-order valence-corrected chi connectivity index (χ2v) is 7.03. The van der Waals surface area contributed by atoms with Gasteiger partial charge in [0.15, 0.2) is 11.6 Å². The lowest BCUT2D eigenvalue weighted by molar-refractivity contribution is 0.0893. The number of likely N-dealkylation sites (N-methyl/N-ethyl adjacent to an activating group) is 1. The molecule has 2 aliphatic rings. The zero-order chi connectivity index (χ0) is 18.1. The Morgan fingerprint density at radius 2 is 2.12 bits per heavy atom. The number of ether oxygens (including phenoxy) is 1. The van der Waals surface area contributed by atoms with Crippen molar-refractivity contribution in [3.8, 4) is 11.8 Å². The summed E-state index contributed by atoms with van der Waals surface area (Å²) in [4.78, 5) is 2.45. The van der Waals surface area contributed by atoms with Crippen molar-refractivity contribution in [2.45, 2.75) is 31.0 Å². The number of benzene rings is 2. The molecule has 3 atom stereocenters. The topological polar surface area (TPSA) is 48.3 Å². The van der Waals surface area contributed by atoms with Crippen LogP contribution in [0.2, 0.25) is 0 Å². The minimum absolute atomic E-state index is 0.195.